The molecule has 0 bridgehead atoms. The summed E-state index contributed by atoms with van der Waals surface area (Å²) < 4.78 is 23.9. The SMILES string of the molecule is CS(=O)(=O)c1ccc(CNC(=O)CCCCc2ccc(Br)cc2)cc1. The second kappa shape index (κ2) is 9.15. The Kier molecular flexibility index (Phi) is 7.20. The molecule has 0 radical (unpaired) electrons. The number of hydrogen-bond acceptors (Lipinski definition) is 3. The van der Waals surface area contributed by atoms with Crippen molar-refractivity contribution in [1.82, 2.24) is 5.32 Å². The summed E-state index contributed by atoms with van der Waals surface area (Å²) in [7, 11) is -3.18. The van der Waals surface area contributed by atoms with Crippen molar-refractivity contribution in [1.29, 1.82) is 0 Å². The third-order valence-electron chi connectivity index (χ3n) is 3.87. The Hall–Kier alpha value is -1.66. The van der Waals surface area contributed by atoms with E-state index in [4.69, 9.17) is 0 Å². The molecule has 0 aromatic heterocycles. The Bertz CT molecular complexity index is 800. The zero-order valence-corrected chi connectivity index (χ0v) is 16.6. The van der Waals surface area contributed by atoms with E-state index in [-0.39, 0.29) is 10.8 Å². The van der Waals surface area contributed by atoms with Gasteiger partial charge in [0.1, 0.15) is 0 Å². The lowest BCUT2D eigenvalue weighted by atomic mass is 10.1. The minimum absolute atomic E-state index is 0.0167. The Labute approximate surface area is 157 Å². The smallest absolute Gasteiger partial charge is 0.220 e. The zero-order chi connectivity index (χ0) is 18.3. The van der Waals surface area contributed by atoms with Crippen molar-refractivity contribution in [2.45, 2.75) is 37.1 Å². The zero-order valence-electron chi connectivity index (χ0n) is 14.2. The predicted molar refractivity (Wildman–Crippen MR) is 103 cm³/mol. The summed E-state index contributed by atoms with van der Waals surface area (Å²) in [6.45, 7) is 0.412. The van der Waals surface area contributed by atoms with Crippen LogP contribution in [-0.2, 0) is 27.6 Å². The monoisotopic (exact) mass is 423 g/mol. The molecule has 0 fully saturated rings. The van der Waals surface area contributed by atoms with Gasteiger partial charge < -0.3 is 5.32 Å². The third kappa shape index (κ3) is 7.00. The van der Waals surface area contributed by atoms with Crippen LogP contribution in [0.15, 0.2) is 57.9 Å². The van der Waals surface area contributed by atoms with Gasteiger partial charge in [-0.05, 0) is 54.7 Å². The molecule has 134 valence electrons. The van der Waals surface area contributed by atoms with E-state index >= 15 is 0 Å². The van der Waals surface area contributed by atoms with E-state index in [0.717, 1.165) is 29.3 Å². The van der Waals surface area contributed by atoms with Gasteiger partial charge in [-0.1, -0.05) is 40.2 Å². The molecule has 4 nitrogen and oxygen atoms in total. The molecular formula is C19H22BrNO3S. The van der Waals surface area contributed by atoms with Crippen LogP contribution in [0.5, 0.6) is 0 Å². The number of carbonyl (C=O) groups is 1. The average molecular weight is 424 g/mol. The van der Waals surface area contributed by atoms with Crippen molar-refractivity contribution in [3.63, 3.8) is 0 Å². The molecule has 0 atom stereocenters. The first-order valence-corrected chi connectivity index (χ1v) is 10.8. The summed E-state index contributed by atoms with van der Waals surface area (Å²) in [5.74, 6) is 0.0167. The number of sulfone groups is 1. The van der Waals surface area contributed by atoms with Gasteiger partial charge >= 0.3 is 0 Å². The fourth-order valence-corrected chi connectivity index (χ4v) is 3.30. The van der Waals surface area contributed by atoms with Gasteiger partial charge in [0.25, 0.3) is 0 Å². The average Bonchev–Trinajstić information content (AvgIpc) is 2.58. The van der Waals surface area contributed by atoms with E-state index in [1.165, 1.54) is 11.8 Å². The van der Waals surface area contributed by atoms with Crippen LogP contribution < -0.4 is 5.32 Å². The van der Waals surface area contributed by atoms with Crippen LogP contribution in [0.4, 0.5) is 0 Å². The van der Waals surface area contributed by atoms with Crippen molar-refractivity contribution in [3.8, 4) is 0 Å². The molecule has 0 aliphatic heterocycles. The number of rotatable bonds is 8. The van der Waals surface area contributed by atoms with Crippen LogP contribution in [0.3, 0.4) is 0 Å². The number of benzene rings is 2. The highest BCUT2D eigenvalue weighted by atomic mass is 79.9. The van der Waals surface area contributed by atoms with E-state index in [0.29, 0.717) is 13.0 Å². The molecule has 0 saturated heterocycles. The first-order chi connectivity index (χ1) is 11.8. The van der Waals surface area contributed by atoms with Gasteiger partial charge in [0.05, 0.1) is 4.90 Å². The summed E-state index contributed by atoms with van der Waals surface area (Å²) >= 11 is 3.41. The van der Waals surface area contributed by atoms with Gasteiger partial charge in [-0.3, -0.25) is 4.79 Å². The maximum Gasteiger partial charge on any atom is 0.220 e. The number of halogens is 1. The Morgan fingerprint density at radius 1 is 0.960 bits per heavy atom. The summed E-state index contributed by atoms with van der Waals surface area (Å²) in [6.07, 6.45) is 4.45. The molecule has 0 heterocycles. The number of carbonyl (C=O) groups excluding carboxylic acids is 1. The van der Waals surface area contributed by atoms with Crippen molar-refractivity contribution >= 4 is 31.7 Å². The molecular weight excluding hydrogens is 402 g/mol. The molecule has 25 heavy (non-hydrogen) atoms. The first-order valence-electron chi connectivity index (χ1n) is 8.15. The van der Waals surface area contributed by atoms with Crippen molar-refractivity contribution in [2.24, 2.45) is 0 Å². The molecule has 0 aliphatic carbocycles. The van der Waals surface area contributed by atoms with Crippen LogP contribution in [0.2, 0.25) is 0 Å². The van der Waals surface area contributed by atoms with E-state index in [1.807, 2.05) is 12.1 Å². The Balaban J connectivity index is 1.67. The van der Waals surface area contributed by atoms with Gasteiger partial charge in [-0.25, -0.2) is 8.42 Å². The highest BCUT2D eigenvalue weighted by molar-refractivity contribution is 9.10. The van der Waals surface area contributed by atoms with E-state index in [1.54, 1.807) is 24.3 Å². The Morgan fingerprint density at radius 3 is 2.16 bits per heavy atom. The fourth-order valence-electron chi connectivity index (χ4n) is 2.41. The van der Waals surface area contributed by atoms with Crippen LogP contribution in [0.25, 0.3) is 0 Å². The van der Waals surface area contributed by atoms with Gasteiger partial charge in [-0.2, -0.15) is 0 Å². The molecule has 2 aromatic rings. The van der Waals surface area contributed by atoms with Gasteiger partial charge in [-0.15, -0.1) is 0 Å². The summed E-state index contributed by atoms with van der Waals surface area (Å²) in [6, 6.07) is 14.8. The maximum absolute atomic E-state index is 11.9. The normalized spacial score (nSPS) is 11.3. The predicted octanol–water partition coefficient (Wildman–Crippen LogP) is 3.88. The number of aryl methyl sites for hydroxylation is 1. The van der Waals surface area contributed by atoms with Crippen LogP contribution >= 0.6 is 15.9 Å². The number of unbranched alkanes of at least 4 members (excludes halogenated alkanes) is 1. The standard InChI is InChI=1S/C19H22BrNO3S/c1-25(23,24)18-12-8-16(9-13-18)14-21-19(22)5-3-2-4-15-6-10-17(20)11-7-15/h6-13H,2-5,14H2,1H3,(H,21,22). The molecule has 0 unspecified atom stereocenters. The number of amides is 1. The van der Waals surface area contributed by atoms with Crippen molar-refractivity contribution in [3.05, 3.63) is 64.1 Å². The molecule has 6 heteroatoms. The lowest BCUT2D eigenvalue weighted by Crippen LogP contribution is -2.22. The lowest BCUT2D eigenvalue weighted by molar-refractivity contribution is -0.121. The van der Waals surface area contributed by atoms with Crippen LogP contribution in [0, 0.1) is 0 Å². The second-order valence-electron chi connectivity index (χ2n) is 6.03. The molecule has 1 N–H and O–H groups in total. The topological polar surface area (TPSA) is 63.2 Å². The van der Waals surface area contributed by atoms with Gasteiger partial charge in [0.15, 0.2) is 9.84 Å². The number of nitrogens with one attached hydrogen (secondary N) is 1. The van der Waals surface area contributed by atoms with E-state index in [2.05, 4.69) is 33.4 Å². The number of hydrogen-bond donors (Lipinski definition) is 1. The lowest BCUT2D eigenvalue weighted by Gasteiger charge is -2.06. The van der Waals surface area contributed by atoms with Crippen LogP contribution in [0.1, 0.15) is 30.4 Å². The minimum atomic E-state index is -3.18. The summed E-state index contributed by atoms with van der Waals surface area (Å²) in [4.78, 5) is 12.2. The quantitative estimate of drug-likeness (QED) is 0.655. The molecule has 2 aromatic carbocycles. The highest BCUT2D eigenvalue weighted by Gasteiger charge is 2.07. The van der Waals surface area contributed by atoms with Crippen molar-refractivity contribution < 1.29 is 13.2 Å². The maximum atomic E-state index is 11.9. The Morgan fingerprint density at radius 2 is 1.56 bits per heavy atom. The van der Waals surface area contributed by atoms with Crippen LogP contribution in [-0.4, -0.2) is 20.6 Å². The highest BCUT2D eigenvalue weighted by Crippen LogP contribution is 2.13. The minimum Gasteiger partial charge on any atom is -0.352 e. The molecule has 0 spiro atoms. The largest absolute Gasteiger partial charge is 0.352 e. The summed E-state index contributed by atoms with van der Waals surface area (Å²) in [5.41, 5.74) is 2.16. The third-order valence-corrected chi connectivity index (χ3v) is 5.53. The van der Waals surface area contributed by atoms with Gasteiger partial charge in [0.2, 0.25) is 5.91 Å². The summed E-state index contributed by atoms with van der Waals surface area (Å²) in [5, 5.41) is 2.87. The van der Waals surface area contributed by atoms with E-state index in [9.17, 15) is 13.2 Å². The molecule has 2 rings (SSSR count). The second-order valence-corrected chi connectivity index (χ2v) is 8.96. The molecule has 0 aliphatic rings. The van der Waals surface area contributed by atoms with E-state index < -0.39 is 9.84 Å². The van der Waals surface area contributed by atoms with Gasteiger partial charge in [0, 0.05) is 23.7 Å². The molecule has 0 saturated carbocycles. The molecule has 1 amide bonds. The fraction of sp³-hybridized carbons (Fsp3) is 0.316. The van der Waals surface area contributed by atoms with Crippen molar-refractivity contribution in [2.75, 3.05) is 6.26 Å². The first kappa shape index (κ1) is 19.7.